The molecule has 7 heavy (non-hydrogen) atoms. The minimum Gasteiger partial charge on any atom is -0.306 e. The summed E-state index contributed by atoms with van der Waals surface area (Å²) in [5.74, 6) is 0. The van der Waals surface area contributed by atoms with Crippen molar-refractivity contribution in [2.24, 2.45) is 5.18 Å². The first-order valence-electron chi connectivity index (χ1n) is 1.81. The Balaban J connectivity index is 3.46. The van der Waals surface area contributed by atoms with Gasteiger partial charge in [0.1, 0.15) is 0 Å². The number of nitroso groups, excluding NO2 is 1. The highest BCUT2D eigenvalue weighted by Crippen LogP contribution is 1.73. The van der Waals surface area contributed by atoms with E-state index in [0.717, 1.165) is 6.20 Å². The molecule has 0 aromatic rings. The number of hydrogen-bond acceptors (Lipinski definition) is 3. The average molecular weight is 98.1 g/mol. The van der Waals surface area contributed by atoms with Gasteiger partial charge in [0.2, 0.25) is 0 Å². The van der Waals surface area contributed by atoms with Crippen LogP contribution >= 0.6 is 0 Å². The second-order valence-electron chi connectivity index (χ2n) is 1.10. The van der Waals surface area contributed by atoms with Gasteiger partial charge in [0.05, 0.1) is 6.20 Å². The molecule has 0 rings (SSSR count). The predicted octanol–water partition coefficient (Wildman–Crippen LogP) is 1.31. The zero-order valence-electron chi connectivity index (χ0n) is 4.01. The van der Waals surface area contributed by atoms with E-state index < -0.39 is 0 Å². The van der Waals surface area contributed by atoms with Gasteiger partial charge in [0.25, 0.3) is 0 Å². The Labute approximate surface area is 41.5 Å². The van der Waals surface area contributed by atoms with Crippen LogP contribution in [0.5, 0.6) is 0 Å². The van der Waals surface area contributed by atoms with Crippen LogP contribution < -0.4 is 0 Å². The zero-order chi connectivity index (χ0) is 5.70. The van der Waals surface area contributed by atoms with Crippen molar-refractivity contribution in [2.45, 2.75) is 6.92 Å². The maximum absolute atomic E-state index is 9.28. The standard InChI is InChI=1S/C4H6N2O/c1-4(5)2-3-6-7/h2-3,5H,1H3/b3-2-,5-4?. The normalized spacial score (nSPS) is 9.29. The summed E-state index contributed by atoms with van der Waals surface area (Å²) in [6.07, 6.45) is 2.37. The zero-order valence-corrected chi connectivity index (χ0v) is 4.01. The highest BCUT2D eigenvalue weighted by atomic mass is 16.2. The summed E-state index contributed by atoms with van der Waals surface area (Å²) in [5, 5.41) is 9.12. The van der Waals surface area contributed by atoms with Gasteiger partial charge in [0, 0.05) is 5.71 Å². The van der Waals surface area contributed by atoms with Crippen molar-refractivity contribution in [3.8, 4) is 0 Å². The Kier molecular flexibility index (Phi) is 2.76. The van der Waals surface area contributed by atoms with Crippen molar-refractivity contribution >= 4 is 5.71 Å². The van der Waals surface area contributed by atoms with Gasteiger partial charge in [-0.2, -0.15) is 0 Å². The van der Waals surface area contributed by atoms with Crippen LogP contribution in [-0.2, 0) is 0 Å². The molecule has 0 spiro atoms. The van der Waals surface area contributed by atoms with Crippen LogP contribution in [0.25, 0.3) is 0 Å². The van der Waals surface area contributed by atoms with Crippen LogP contribution in [0.15, 0.2) is 17.5 Å². The van der Waals surface area contributed by atoms with Crippen molar-refractivity contribution in [3.63, 3.8) is 0 Å². The Morgan fingerprint density at radius 2 is 2.43 bits per heavy atom. The molecule has 0 saturated carbocycles. The second kappa shape index (κ2) is 3.21. The van der Waals surface area contributed by atoms with Crippen LogP contribution in [0.4, 0.5) is 0 Å². The summed E-state index contributed by atoms with van der Waals surface area (Å²) in [5.41, 5.74) is 0.333. The van der Waals surface area contributed by atoms with Gasteiger partial charge < -0.3 is 5.41 Å². The molecule has 0 aliphatic rings. The van der Waals surface area contributed by atoms with E-state index in [4.69, 9.17) is 5.41 Å². The second-order valence-corrected chi connectivity index (χ2v) is 1.10. The van der Waals surface area contributed by atoms with Gasteiger partial charge in [-0.05, 0) is 18.2 Å². The maximum atomic E-state index is 9.28. The van der Waals surface area contributed by atoms with E-state index in [1.54, 1.807) is 6.92 Å². The molecule has 0 bridgehead atoms. The van der Waals surface area contributed by atoms with Crippen LogP contribution in [0, 0.1) is 10.3 Å². The minimum absolute atomic E-state index is 0.333. The molecule has 0 amide bonds. The molecule has 0 aliphatic heterocycles. The van der Waals surface area contributed by atoms with E-state index >= 15 is 0 Å². The molecule has 0 radical (unpaired) electrons. The van der Waals surface area contributed by atoms with E-state index in [1.807, 2.05) is 0 Å². The molecule has 38 valence electrons. The molecule has 0 unspecified atom stereocenters. The molecule has 0 aromatic heterocycles. The lowest BCUT2D eigenvalue weighted by Crippen LogP contribution is -1.74. The van der Waals surface area contributed by atoms with Crippen LogP contribution in [0.1, 0.15) is 6.92 Å². The first-order valence-corrected chi connectivity index (χ1v) is 1.81. The summed E-state index contributed by atoms with van der Waals surface area (Å²) < 4.78 is 0. The highest BCUT2D eigenvalue weighted by molar-refractivity contribution is 5.89. The highest BCUT2D eigenvalue weighted by Gasteiger charge is 1.70. The van der Waals surface area contributed by atoms with E-state index in [9.17, 15) is 4.91 Å². The summed E-state index contributed by atoms with van der Waals surface area (Å²) in [4.78, 5) is 9.28. The SMILES string of the molecule is CC(=N)/C=C\N=O. The molecule has 3 heteroatoms. The maximum Gasteiger partial charge on any atom is 0.0732 e. The first kappa shape index (κ1) is 6.01. The third kappa shape index (κ3) is 5.01. The van der Waals surface area contributed by atoms with Crippen molar-refractivity contribution in [2.75, 3.05) is 0 Å². The third-order valence-electron chi connectivity index (χ3n) is 0.385. The number of hydrogen-bond donors (Lipinski definition) is 1. The lowest BCUT2D eigenvalue weighted by molar-refractivity contribution is 1.47. The van der Waals surface area contributed by atoms with Gasteiger partial charge in [-0.1, -0.05) is 0 Å². The molecule has 3 nitrogen and oxygen atoms in total. The number of nitrogens with one attached hydrogen (secondary N) is 1. The molecular formula is C4H6N2O. The first-order chi connectivity index (χ1) is 3.27. The predicted molar refractivity (Wildman–Crippen MR) is 28.3 cm³/mol. The van der Waals surface area contributed by atoms with E-state index in [0.29, 0.717) is 5.71 Å². The quantitative estimate of drug-likeness (QED) is 0.410. The molecule has 0 atom stereocenters. The minimum atomic E-state index is 0.333. The van der Waals surface area contributed by atoms with E-state index in [-0.39, 0.29) is 0 Å². The fourth-order valence-electron chi connectivity index (χ4n) is 0.142. The van der Waals surface area contributed by atoms with Crippen molar-refractivity contribution < 1.29 is 0 Å². The van der Waals surface area contributed by atoms with E-state index in [2.05, 4.69) is 5.18 Å². The molecule has 0 fully saturated rings. The number of nitrogens with zero attached hydrogens (tertiary/aromatic N) is 1. The number of rotatable bonds is 2. The smallest absolute Gasteiger partial charge is 0.0732 e. The Bertz CT molecular complexity index is 106. The van der Waals surface area contributed by atoms with Gasteiger partial charge in [-0.25, -0.2) is 0 Å². The van der Waals surface area contributed by atoms with Gasteiger partial charge in [0.15, 0.2) is 0 Å². The summed E-state index contributed by atoms with van der Waals surface area (Å²) in [6, 6.07) is 0. The Hall–Kier alpha value is -0.990. The fraction of sp³-hybridized carbons (Fsp3) is 0.250. The monoisotopic (exact) mass is 98.0 g/mol. The van der Waals surface area contributed by atoms with E-state index in [1.165, 1.54) is 6.08 Å². The topological polar surface area (TPSA) is 53.3 Å². The number of allylic oxidation sites excluding steroid dienone is 1. The fourth-order valence-corrected chi connectivity index (χ4v) is 0.142. The molecule has 0 aliphatic carbocycles. The van der Waals surface area contributed by atoms with Crippen LogP contribution in [0.2, 0.25) is 0 Å². The largest absolute Gasteiger partial charge is 0.306 e. The molecular weight excluding hydrogens is 92.1 g/mol. The lowest BCUT2D eigenvalue weighted by Gasteiger charge is -1.72. The van der Waals surface area contributed by atoms with Gasteiger partial charge >= 0.3 is 0 Å². The summed E-state index contributed by atoms with van der Waals surface area (Å²) >= 11 is 0. The summed E-state index contributed by atoms with van der Waals surface area (Å²) in [6.45, 7) is 1.57. The van der Waals surface area contributed by atoms with Crippen LogP contribution in [0.3, 0.4) is 0 Å². The Morgan fingerprint density at radius 1 is 1.86 bits per heavy atom. The molecule has 0 aromatic carbocycles. The summed E-state index contributed by atoms with van der Waals surface area (Å²) in [7, 11) is 0. The molecule has 1 N–H and O–H groups in total. The third-order valence-corrected chi connectivity index (χ3v) is 0.385. The molecule has 0 heterocycles. The van der Waals surface area contributed by atoms with Crippen molar-refractivity contribution in [1.82, 2.24) is 0 Å². The van der Waals surface area contributed by atoms with Crippen molar-refractivity contribution in [3.05, 3.63) is 17.2 Å². The van der Waals surface area contributed by atoms with Gasteiger partial charge in [-0.15, -0.1) is 4.91 Å². The average Bonchev–Trinajstić information content (AvgIpc) is 1.61. The van der Waals surface area contributed by atoms with Gasteiger partial charge in [-0.3, -0.25) is 0 Å². The van der Waals surface area contributed by atoms with Crippen molar-refractivity contribution in [1.29, 1.82) is 5.41 Å². The lowest BCUT2D eigenvalue weighted by atomic mass is 10.4. The molecule has 0 saturated heterocycles. The Morgan fingerprint density at radius 3 is 2.57 bits per heavy atom. The van der Waals surface area contributed by atoms with Crippen LogP contribution in [-0.4, -0.2) is 5.71 Å².